The van der Waals surface area contributed by atoms with Crippen LogP contribution in [-0.2, 0) is 13.6 Å². The number of hydrogen-bond acceptors (Lipinski definition) is 3. The predicted molar refractivity (Wildman–Crippen MR) is 69.2 cm³/mol. The first kappa shape index (κ1) is 18.0. The quantitative estimate of drug-likeness (QED) is 0.386. The lowest BCUT2D eigenvalue weighted by Gasteiger charge is -2.25. The van der Waals surface area contributed by atoms with Gasteiger partial charge in [0.1, 0.15) is 0 Å². The zero-order valence-corrected chi connectivity index (χ0v) is 12.5. The van der Waals surface area contributed by atoms with E-state index >= 15 is 0 Å². The molecule has 0 atom stereocenters. The Balaban J connectivity index is 4.32. The van der Waals surface area contributed by atoms with Gasteiger partial charge in [-0.15, -0.1) is 0 Å². The van der Waals surface area contributed by atoms with Crippen molar-refractivity contribution >= 4 is 7.60 Å². The molecule has 0 N–H and O–H groups in total. The van der Waals surface area contributed by atoms with Crippen LogP contribution in [0.2, 0.25) is 0 Å². The molecule has 0 radical (unpaired) electrons. The van der Waals surface area contributed by atoms with Crippen LogP contribution in [0.5, 0.6) is 0 Å². The van der Waals surface area contributed by atoms with E-state index in [1.165, 1.54) is 13.8 Å². The molecule has 0 saturated heterocycles. The van der Waals surface area contributed by atoms with Gasteiger partial charge in [0.15, 0.2) is 0 Å². The summed E-state index contributed by atoms with van der Waals surface area (Å²) < 4.78 is 49.0. The summed E-state index contributed by atoms with van der Waals surface area (Å²) in [6.45, 7) is 5.05. The SMILES string of the molecule is CCCCCCCC(F)(F)P(=O)(OCC)OCC. The standard InChI is InChI=1S/C12H25F2O3P/c1-4-7-8-9-10-11-12(13,14)18(15,16-5-2)17-6-3/h4-11H2,1-3H3. The largest absolute Gasteiger partial charge is 0.399 e. The molecular formula is C12H25F2O3P. The highest BCUT2D eigenvalue weighted by molar-refractivity contribution is 7.55. The van der Waals surface area contributed by atoms with Gasteiger partial charge >= 0.3 is 13.3 Å². The van der Waals surface area contributed by atoms with Crippen molar-refractivity contribution in [1.29, 1.82) is 0 Å². The van der Waals surface area contributed by atoms with Gasteiger partial charge in [0, 0.05) is 6.42 Å². The number of hydrogen-bond donors (Lipinski definition) is 0. The van der Waals surface area contributed by atoms with E-state index < -0.39 is 19.7 Å². The van der Waals surface area contributed by atoms with E-state index in [0.717, 1.165) is 25.7 Å². The average Bonchev–Trinajstić information content (AvgIpc) is 2.29. The van der Waals surface area contributed by atoms with E-state index in [-0.39, 0.29) is 13.2 Å². The highest BCUT2D eigenvalue weighted by Gasteiger charge is 2.52. The van der Waals surface area contributed by atoms with Gasteiger partial charge in [0.2, 0.25) is 0 Å². The molecule has 0 aliphatic heterocycles. The van der Waals surface area contributed by atoms with Crippen molar-refractivity contribution in [2.45, 2.75) is 65.0 Å². The first-order chi connectivity index (χ1) is 8.43. The summed E-state index contributed by atoms with van der Waals surface area (Å²) in [7, 11) is -4.31. The number of rotatable bonds is 11. The van der Waals surface area contributed by atoms with E-state index in [1.54, 1.807) is 0 Å². The molecule has 18 heavy (non-hydrogen) atoms. The van der Waals surface area contributed by atoms with Gasteiger partial charge in [-0.25, -0.2) is 0 Å². The molecule has 0 aliphatic rings. The molecule has 0 unspecified atom stereocenters. The average molecular weight is 286 g/mol. The fourth-order valence-electron chi connectivity index (χ4n) is 1.64. The second kappa shape index (κ2) is 9.00. The van der Waals surface area contributed by atoms with Crippen molar-refractivity contribution in [2.24, 2.45) is 0 Å². The summed E-state index contributed by atoms with van der Waals surface area (Å²) in [5.41, 5.74) is -3.38. The molecule has 0 aromatic rings. The third kappa shape index (κ3) is 5.77. The van der Waals surface area contributed by atoms with Crippen molar-refractivity contribution in [2.75, 3.05) is 13.2 Å². The zero-order chi connectivity index (χ0) is 14.1. The van der Waals surface area contributed by atoms with Gasteiger partial charge in [0.05, 0.1) is 13.2 Å². The summed E-state index contributed by atoms with van der Waals surface area (Å²) in [4.78, 5) is 0. The van der Waals surface area contributed by atoms with Crippen LogP contribution in [0.4, 0.5) is 8.78 Å². The van der Waals surface area contributed by atoms with Crippen LogP contribution in [0.15, 0.2) is 0 Å². The molecular weight excluding hydrogens is 261 g/mol. The fourth-order valence-corrected chi connectivity index (χ4v) is 3.21. The minimum atomic E-state index is -4.31. The van der Waals surface area contributed by atoms with Crippen molar-refractivity contribution in [3.63, 3.8) is 0 Å². The maximum absolute atomic E-state index is 13.8. The van der Waals surface area contributed by atoms with Gasteiger partial charge in [-0.2, -0.15) is 8.78 Å². The smallest absolute Gasteiger partial charge is 0.305 e. The summed E-state index contributed by atoms with van der Waals surface area (Å²) in [6, 6.07) is 0. The second-order valence-electron chi connectivity index (χ2n) is 4.16. The van der Waals surface area contributed by atoms with Crippen molar-refractivity contribution in [3.05, 3.63) is 0 Å². The molecule has 0 heterocycles. The highest BCUT2D eigenvalue weighted by atomic mass is 31.2. The molecule has 0 aromatic carbocycles. The maximum atomic E-state index is 13.8. The van der Waals surface area contributed by atoms with Crippen LogP contribution < -0.4 is 0 Å². The molecule has 0 amide bonds. The molecule has 3 nitrogen and oxygen atoms in total. The minimum Gasteiger partial charge on any atom is -0.305 e. The van der Waals surface area contributed by atoms with E-state index in [2.05, 4.69) is 6.92 Å². The topological polar surface area (TPSA) is 35.5 Å². The van der Waals surface area contributed by atoms with Crippen LogP contribution in [0.3, 0.4) is 0 Å². The Morgan fingerprint density at radius 2 is 1.44 bits per heavy atom. The Morgan fingerprint density at radius 3 is 1.89 bits per heavy atom. The summed E-state index contributed by atoms with van der Waals surface area (Å²) >= 11 is 0. The molecule has 110 valence electrons. The Hall–Kier alpha value is 0.01000. The van der Waals surface area contributed by atoms with Crippen LogP contribution in [-0.4, -0.2) is 18.9 Å². The zero-order valence-electron chi connectivity index (χ0n) is 11.6. The Bertz CT molecular complexity index is 250. The molecule has 0 aliphatic carbocycles. The van der Waals surface area contributed by atoms with Gasteiger partial charge in [-0.3, -0.25) is 4.57 Å². The monoisotopic (exact) mass is 286 g/mol. The normalized spacial score (nSPS) is 12.9. The van der Waals surface area contributed by atoms with E-state index in [9.17, 15) is 13.3 Å². The Morgan fingerprint density at radius 1 is 0.944 bits per heavy atom. The van der Waals surface area contributed by atoms with Crippen LogP contribution in [0.1, 0.15) is 59.3 Å². The molecule has 0 saturated carbocycles. The van der Waals surface area contributed by atoms with Crippen molar-refractivity contribution in [3.8, 4) is 0 Å². The number of alkyl halides is 2. The predicted octanol–water partition coefficient (Wildman–Crippen LogP) is 5.21. The lowest BCUT2D eigenvalue weighted by atomic mass is 10.1. The van der Waals surface area contributed by atoms with Crippen molar-refractivity contribution in [1.82, 2.24) is 0 Å². The molecule has 0 fully saturated rings. The van der Waals surface area contributed by atoms with Gasteiger partial charge in [0.25, 0.3) is 0 Å². The number of unbranched alkanes of at least 4 members (excludes halogenated alkanes) is 4. The van der Waals surface area contributed by atoms with Crippen LogP contribution in [0, 0.1) is 0 Å². The molecule has 0 rings (SSSR count). The van der Waals surface area contributed by atoms with Gasteiger partial charge < -0.3 is 9.05 Å². The van der Waals surface area contributed by atoms with Gasteiger partial charge in [-0.05, 0) is 20.3 Å². The lowest BCUT2D eigenvalue weighted by molar-refractivity contribution is 0.0294. The second-order valence-corrected chi connectivity index (χ2v) is 6.33. The third-order valence-corrected chi connectivity index (χ3v) is 4.80. The minimum absolute atomic E-state index is 0.0390. The Kier molecular flexibility index (Phi) is 9.01. The van der Waals surface area contributed by atoms with Crippen LogP contribution in [0.25, 0.3) is 0 Å². The van der Waals surface area contributed by atoms with Crippen molar-refractivity contribution < 1.29 is 22.4 Å². The van der Waals surface area contributed by atoms with E-state index in [0.29, 0.717) is 6.42 Å². The maximum Gasteiger partial charge on any atom is 0.399 e. The van der Waals surface area contributed by atoms with E-state index in [4.69, 9.17) is 9.05 Å². The summed E-state index contributed by atoms with van der Waals surface area (Å²) in [6.07, 6.45) is 3.67. The van der Waals surface area contributed by atoms with E-state index in [1.807, 2.05) is 0 Å². The summed E-state index contributed by atoms with van der Waals surface area (Å²) in [5.74, 6) is 0. The highest BCUT2D eigenvalue weighted by Crippen LogP contribution is 2.63. The fraction of sp³-hybridized carbons (Fsp3) is 1.00. The molecule has 6 heteroatoms. The first-order valence-electron chi connectivity index (χ1n) is 6.70. The van der Waals surface area contributed by atoms with Crippen LogP contribution >= 0.6 is 7.60 Å². The lowest BCUT2D eigenvalue weighted by Crippen LogP contribution is -2.20. The summed E-state index contributed by atoms with van der Waals surface area (Å²) in [5, 5.41) is 0. The first-order valence-corrected chi connectivity index (χ1v) is 8.24. The van der Waals surface area contributed by atoms with Gasteiger partial charge in [-0.1, -0.05) is 32.6 Å². The molecule has 0 bridgehead atoms. The number of halogens is 2. The molecule has 0 spiro atoms. The Labute approximate surface area is 109 Å². The third-order valence-electron chi connectivity index (χ3n) is 2.58. The molecule has 0 aromatic heterocycles.